The third-order valence-corrected chi connectivity index (χ3v) is 6.50. The first-order valence-corrected chi connectivity index (χ1v) is 11.7. The molecule has 1 atom stereocenters. The zero-order valence-corrected chi connectivity index (χ0v) is 18.4. The van der Waals surface area contributed by atoms with E-state index >= 15 is 0 Å². The Labute approximate surface area is 182 Å². The summed E-state index contributed by atoms with van der Waals surface area (Å²) in [7, 11) is 0. The van der Waals surface area contributed by atoms with Crippen molar-refractivity contribution in [1.29, 1.82) is 0 Å². The van der Waals surface area contributed by atoms with Crippen LogP contribution in [0.4, 0.5) is 0 Å². The van der Waals surface area contributed by atoms with Crippen molar-refractivity contribution in [2.75, 3.05) is 18.8 Å². The molecule has 0 saturated carbocycles. The smallest absolute Gasteiger partial charge is 0.254 e. The van der Waals surface area contributed by atoms with Gasteiger partial charge in [-0.1, -0.05) is 67.2 Å². The van der Waals surface area contributed by atoms with Gasteiger partial charge in [0.15, 0.2) is 5.16 Å². The quantitative estimate of drug-likeness (QED) is 0.521. The molecule has 156 valence electrons. The number of piperidine rings is 1. The number of benzene rings is 2. The van der Waals surface area contributed by atoms with Gasteiger partial charge in [-0.15, -0.1) is 10.2 Å². The van der Waals surface area contributed by atoms with Gasteiger partial charge in [0.2, 0.25) is 0 Å². The minimum Gasteiger partial charge on any atom is -0.338 e. The van der Waals surface area contributed by atoms with Gasteiger partial charge in [0, 0.05) is 31.1 Å². The topological polar surface area (TPSA) is 51.0 Å². The predicted molar refractivity (Wildman–Crippen MR) is 122 cm³/mol. The largest absolute Gasteiger partial charge is 0.338 e. The fraction of sp³-hybridized carbons (Fsp3) is 0.375. The van der Waals surface area contributed by atoms with Crippen molar-refractivity contribution in [2.45, 2.75) is 44.3 Å². The van der Waals surface area contributed by atoms with Crippen LogP contribution >= 0.6 is 11.8 Å². The van der Waals surface area contributed by atoms with E-state index in [9.17, 15) is 4.79 Å². The zero-order valence-electron chi connectivity index (χ0n) is 17.6. The van der Waals surface area contributed by atoms with E-state index in [1.54, 1.807) is 11.8 Å². The number of carbonyl (C=O) groups is 1. The summed E-state index contributed by atoms with van der Waals surface area (Å²) < 4.78 is 2.21. The molecule has 1 saturated heterocycles. The second-order valence-electron chi connectivity index (χ2n) is 7.52. The third-order valence-electron chi connectivity index (χ3n) is 5.65. The summed E-state index contributed by atoms with van der Waals surface area (Å²) in [6, 6.07) is 18.1. The molecule has 1 aliphatic rings. The Morgan fingerprint density at radius 1 is 1.07 bits per heavy atom. The summed E-state index contributed by atoms with van der Waals surface area (Å²) in [5.41, 5.74) is 2.83. The lowest BCUT2D eigenvalue weighted by Crippen LogP contribution is -2.40. The maximum absolute atomic E-state index is 13.5. The summed E-state index contributed by atoms with van der Waals surface area (Å²) >= 11 is 1.72. The van der Waals surface area contributed by atoms with Crippen molar-refractivity contribution in [1.82, 2.24) is 19.7 Å². The number of carbonyl (C=O) groups excluding carboxylic acids is 1. The molecule has 0 spiro atoms. The van der Waals surface area contributed by atoms with E-state index in [1.807, 2.05) is 47.4 Å². The van der Waals surface area contributed by atoms with Crippen molar-refractivity contribution in [3.63, 3.8) is 0 Å². The first-order valence-electron chi connectivity index (χ1n) is 10.7. The van der Waals surface area contributed by atoms with E-state index < -0.39 is 0 Å². The van der Waals surface area contributed by atoms with Crippen LogP contribution in [0.2, 0.25) is 0 Å². The Morgan fingerprint density at radius 3 is 2.60 bits per heavy atom. The van der Waals surface area contributed by atoms with Crippen LogP contribution in [0, 0.1) is 0 Å². The summed E-state index contributed by atoms with van der Waals surface area (Å²) in [5, 5.41) is 9.90. The average Bonchev–Trinajstić information content (AvgIpc) is 3.22. The van der Waals surface area contributed by atoms with Crippen LogP contribution in [0.3, 0.4) is 0 Å². The minimum atomic E-state index is 0.102. The molecule has 1 aliphatic heterocycles. The lowest BCUT2D eigenvalue weighted by atomic mass is 9.94. The van der Waals surface area contributed by atoms with Gasteiger partial charge in [-0.05, 0) is 42.7 Å². The van der Waals surface area contributed by atoms with Gasteiger partial charge in [-0.3, -0.25) is 4.79 Å². The summed E-state index contributed by atoms with van der Waals surface area (Å²) in [4.78, 5) is 15.5. The summed E-state index contributed by atoms with van der Waals surface area (Å²) in [6.07, 6.45) is 2.02. The Morgan fingerprint density at radius 2 is 1.83 bits per heavy atom. The number of amides is 1. The Bertz CT molecular complexity index is 1000. The van der Waals surface area contributed by atoms with Crippen molar-refractivity contribution in [3.8, 4) is 11.1 Å². The third kappa shape index (κ3) is 4.15. The van der Waals surface area contributed by atoms with Crippen molar-refractivity contribution in [3.05, 3.63) is 66.0 Å². The second kappa shape index (κ2) is 9.47. The summed E-state index contributed by atoms with van der Waals surface area (Å²) in [6.45, 7) is 6.59. The molecule has 5 nitrogen and oxygen atoms in total. The van der Waals surface area contributed by atoms with E-state index in [1.165, 1.54) is 0 Å². The van der Waals surface area contributed by atoms with Crippen LogP contribution in [-0.2, 0) is 6.54 Å². The number of aromatic nitrogens is 3. The van der Waals surface area contributed by atoms with Crippen LogP contribution in [0.1, 0.15) is 48.8 Å². The first kappa shape index (κ1) is 20.7. The van der Waals surface area contributed by atoms with Crippen LogP contribution in [0.25, 0.3) is 11.1 Å². The van der Waals surface area contributed by atoms with Gasteiger partial charge in [-0.2, -0.15) is 0 Å². The van der Waals surface area contributed by atoms with Crippen molar-refractivity contribution in [2.24, 2.45) is 0 Å². The fourth-order valence-electron chi connectivity index (χ4n) is 4.22. The van der Waals surface area contributed by atoms with Gasteiger partial charge >= 0.3 is 0 Å². The molecule has 1 fully saturated rings. The zero-order chi connectivity index (χ0) is 20.9. The molecule has 0 bridgehead atoms. The molecular weight excluding hydrogens is 392 g/mol. The van der Waals surface area contributed by atoms with Gasteiger partial charge in [0.25, 0.3) is 5.91 Å². The molecule has 1 aromatic heterocycles. The van der Waals surface area contributed by atoms with Crippen LogP contribution < -0.4 is 0 Å². The number of likely N-dealkylation sites (tertiary alicyclic amines) is 1. The Balaban J connectivity index is 1.59. The van der Waals surface area contributed by atoms with Gasteiger partial charge in [0.1, 0.15) is 5.82 Å². The molecule has 0 aliphatic carbocycles. The molecule has 0 N–H and O–H groups in total. The molecule has 3 aromatic rings. The molecule has 0 unspecified atom stereocenters. The van der Waals surface area contributed by atoms with E-state index in [2.05, 4.69) is 40.7 Å². The highest BCUT2D eigenvalue weighted by atomic mass is 32.2. The molecule has 0 radical (unpaired) electrons. The average molecular weight is 421 g/mol. The maximum Gasteiger partial charge on any atom is 0.254 e. The highest BCUT2D eigenvalue weighted by Crippen LogP contribution is 2.31. The van der Waals surface area contributed by atoms with Crippen LogP contribution in [-0.4, -0.2) is 44.4 Å². The molecule has 6 heteroatoms. The van der Waals surface area contributed by atoms with Crippen LogP contribution in [0.5, 0.6) is 0 Å². The number of hydrogen-bond acceptors (Lipinski definition) is 4. The molecular formula is C24H28N4OS. The second-order valence-corrected chi connectivity index (χ2v) is 8.75. The number of hydrogen-bond donors (Lipinski definition) is 0. The number of nitrogens with zero attached hydrogens (tertiary/aromatic N) is 4. The van der Waals surface area contributed by atoms with E-state index in [0.717, 1.165) is 59.4 Å². The first-order chi connectivity index (χ1) is 14.7. The lowest BCUT2D eigenvalue weighted by molar-refractivity contribution is 0.0704. The minimum absolute atomic E-state index is 0.102. The van der Waals surface area contributed by atoms with Crippen molar-refractivity contribution >= 4 is 17.7 Å². The Hall–Kier alpha value is -2.60. The number of rotatable bonds is 6. The fourth-order valence-corrected chi connectivity index (χ4v) is 4.95. The van der Waals surface area contributed by atoms with Gasteiger partial charge < -0.3 is 9.47 Å². The highest BCUT2D eigenvalue weighted by molar-refractivity contribution is 7.99. The standard InChI is InChI=1S/C24H28N4OS/c1-3-28-22(25-26-24(28)30-4-2)19-13-10-16-27(17-19)23(29)21-15-9-8-14-20(21)18-11-6-5-7-12-18/h5-9,11-12,14-15,19H,3-4,10,13,16-17H2,1-2H3/t19-/m0/s1. The molecule has 30 heavy (non-hydrogen) atoms. The highest BCUT2D eigenvalue weighted by Gasteiger charge is 2.30. The lowest BCUT2D eigenvalue weighted by Gasteiger charge is -2.33. The summed E-state index contributed by atoms with van der Waals surface area (Å²) in [5.74, 6) is 2.32. The Kier molecular flexibility index (Phi) is 6.53. The molecule has 2 heterocycles. The van der Waals surface area contributed by atoms with E-state index in [-0.39, 0.29) is 11.8 Å². The van der Waals surface area contributed by atoms with E-state index in [0.29, 0.717) is 6.54 Å². The maximum atomic E-state index is 13.5. The number of thioether (sulfide) groups is 1. The SMILES string of the molecule is CCSc1nnc([C@H]2CCCN(C(=O)c3ccccc3-c3ccccc3)C2)n1CC. The molecule has 2 aromatic carbocycles. The van der Waals surface area contributed by atoms with Gasteiger partial charge in [-0.25, -0.2) is 0 Å². The van der Waals surface area contributed by atoms with Gasteiger partial charge in [0.05, 0.1) is 0 Å². The molecule has 4 rings (SSSR count). The molecule has 1 amide bonds. The monoisotopic (exact) mass is 420 g/mol. The predicted octanol–water partition coefficient (Wildman–Crippen LogP) is 5.10. The van der Waals surface area contributed by atoms with Crippen LogP contribution in [0.15, 0.2) is 59.8 Å². The normalized spacial score (nSPS) is 16.6. The van der Waals surface area contributed by atoms with E-state index in [4.69, 9.17) is 0 Å². The van der Waals surface area contributed by atoms with Crippen molar-refractivity contribution < 1.29 is 4.79 Å².